The monoisotopic (exact) mass is 302 g/mol. The normalized spacial score (nSPS) is 14.1. The summed E-state index contributed by atoms with van der Waals surface area (Å²) < 4.78 is 0. The first-order valence-electron chi connectivity index (χ1n) is 6.99. The fourth-order valence-corrected chi connectivity index (χ4v) is 3.34. The molecule has 3 N–H and O–H groups in total. The summed E-state index contributed by atoms with van der Waals surface area (Å²) in [6.07, 6.45) is 1.00. The van der Waals surface area contributed by atoms with Gasteiger partial charge in [0.05, 0.1) is 12.2 Å². The number of amides is 1. The molecular weight excluding hydrogens is 284 g/mol. The van der Waals surface area contributed by atoms with Crippen LogP contribution in [0.25, 0.3) is 0 Å². The van der Waals surface area contributed by atoms with E-state index in [1.165, 1.54) is 21.8 Å². The van der Waals surface area contributed by atoms with Crippen LogP contribution in [0.5, 0.6) is 0 Å². The molecule has 2 aromatic rings. The van der Waals surface area contributed by atoms with Crippen molar-refractivity contribution in [2.75, 3.05) is 17.6 Å². The summed E-state index contributed by atoms with van der Waals surface area (Å²) in [6.45, 7) is 3.94. The number of nitrogen functional groups attached to an aromatic ring is 1. The number of carbonyl (C=O) groups excluding carboxylic acids is 1. The lowest BCUT2D eigenvalue weighted by molar-refractivity contribution is -0.117. The minimum atomic E-state index is 0.00220. The molecule has 1 aliphatic heterocycles. The van der Waals surface area contributed by atoms with Crippen LogP contribution in [0.1, 0.15) is 23.1 Å². The van der Waals surface area contributed by atoms with Gasteiger partial charge in [0, 0.05) is 23.7 Å². The van der Waals surface area contributed by atoms with E-state index in [1.54, 1.807) is 0 Å². The van der Waals surface area contributed by atoms with Gasteiger partial charge in [-0.05, 0) is 24.1 Å². The maximum Gasteiger partial charge on any atom is 0.238 e. The molecule has 0 saturated carbocycles. The van der Waals surface area contributed by atoms with Crippen LogP contribution in [-0.4, -0.2) is 22.3 Å². The van der Waals surface area contributed by atoms with E-state index in [0.717, 1.165) is 24.3 Å². The Labute approximate surface area is 127 Å². The topological polar surface area (TPSA) is 71.2 Å². The summed E-state index contributed by atoms with van der Waals surface area (Å²) in [5, 5.41) is 3.54. The summed E-state index contributed by atoms with van der Waals surface area (Å²) >= 11 is 1.51. The van der Waals surface area contributed by atoms with Gasteiger partial charge in [0.2, 0.25) is 5.91 Å². The molecule has 0 atom stereocenters. The zero-order valence-corrected chi connectivity index (χ0v) is 12.7. The van der Waals surface area contributed by atoms with Gasteiger partial charge in [-0.15, -0.1) is 11.3 Å². The molecule has 110 valence electrons. The Balaban J connectivity index is 1.54. The van der Waals surface area contributed by atoms with Gasteiger partial charge in [0.15, 0.2) is 5.13 Å². The number of aryl methyl sites for hydroxylation is 1. The van der Waals surface area contributed by atoms with Crippen LogP contribution in [0, 0.1) is 0 Å². The van der Waals surface area contributed by atoms with Crippen LogP contribution in [-0.2, 0) is 24.3 Å². The second kappa shape index (κ2) is 5.83. The summed E-state index contributed by atoms with van der Waals surface area (Å²) in [6, 6.07) is 7.96. The number of carbonyl (C=O) groups is 1. The second-order valence-electron chi connectivity index (χ2n) is 5.17. The fraction of sp³-hybridized carbons (Fsp3) is 0.333. The Morgan fingerprint density at radius 1 is 1.38 bits per heavy atom. The number of nitrogens with zero attached hydrogens (tertiary/aromatic N) is 2. The maximum atomic E-state index is 12.1. The van der Waals surface area contributed by atoms with E-state index in [4.69, 9.17) is 5.73 Å². The van der Waals surface area contributed by atoms with E-state index in [0.29, 0.717) is 18.2 Å². The van der Waals surface area contributed by atoms with Gasteiger partial charge in [-0.1, -0.05) is 19.1 Å². The molecule has 1 aromatic heterocycles. The van der Waals surface area contributed by atoms with Crippen LogP contribution in [0.2, 0.25) is 0 Å². The highest BCUT2D eigenvalue weighted by Crippen LogP contribution is 2.29. The molecule has 0 saturated heterocycles. The Hall–Kier alpha value is -1.92. The second-order valence-corrected chi connectivity index (χ2v) is 6.28. The lowest BCUT2D eigenvalue weighted by Crippen LogP contribution is -2.29. The first kappa shape index (κ1) is 14.0. The van der Waals surface area contributed by atoms with Gasteiger partial charge in [0.1, 0.15) is 0 Å². The Morgan fingerprint density at radius 3 is 2.81 bits per heavy atom. The zero-order valence-electron chi connectivity index (χ0n) is 11.9. The highest BCUT2D eigenvalue weighted by Gasteiger charge is 2.24. The largest absolute Gasteiger partial charge is 0.375 e. The number of nitrogens with two attached hydrogens (primary N) is 1. The molecule has 1 aromatic carbocycles. The molecule has 3 rings (SSSR count). The molecule has 6 heteroatoms. The Bertz CT molecular complexity index is 627. The number of aromatic nitrogens is 1. The molecule has 21 heavy (non-hydrogen) atoms. The highest BCUT2D eigenvalue weighted by atomic mass is 32.1. The van der Waals surface area contributed by atoms with Crippen LogP contribution in [0.15, 0.2) is 24.3 Å². The minimum Gasteiger partial charge on any atom is -0.375 e. The summed E-state index contributed by atoms with van der Waals surface area (Å²) in [7, 11) is 0. The van der Waals surface area contributed by atoms with Gasteiger partial charge in [-0.2, -0.15) is 0 Å². The van der Waals surface area contributed by atoms with E-state index < -0.39 is 0 Å². The maximum absolute atomic E-state index is 12.1. The number of anilines is 2. The molecule has 0 spiro atoms. The molecule has 5 nitrogen and oxygen atoms in total. The van der Waals surface area contributed by atoms with Crippen molar-refractivity contribution in [1.82, 2.24) is 9.88 Å². The average Bonchev–Trinajstić information content (AvgIpc) is 2.96. The van der Waals surface area contributed by atoms with E-state index in [2.05, 4.69) is 22.1 Å². The Kier molecular flexibility index (Phi) is 3.90. The number of rotatable bonds is 4. The van der Waals surface area contributed by atoms with Crippen LogP contribution < -0.4 is 11.1 Å². The molecule has 0 fully saturated rings. The van der Waals surface area contributed by atoms with Crippen LogP contribution in [0.3, 0.4) is 0 Å². The highest BCUT2D eigenvalue weighted by molar-refractivity contribution is 7.15. The molecule has 0 aliphatic carbocycles. The number of benzene rings is 1. The van der Waals surface area contributed by atoms with Gasteiger partial charge in [-0.25, -0.2) is 4.98 Å². The standard InChI is InChI=1S/C15H18N4OS/c1-2-10-3-5-11(6-4-10)17-14(20)9-19-7-12-13(8-19)21-15(16)18-12/h3-6H,2,7-9H2,1H3,(H2,16,18)(H,17,20). The van der Waals surface area contributed by atoms with Crippen LogP contribution in [0.4, 0.5) is 10.8 Å². The molecule has 0 radical (unpaired) electrons. The summed E-state index contributed by atoms with van der Waals surface area (Å²) in [4.78, 5) is 19.6. The summed E-state index contributed by atoms with van der Waals surface area (Å²) in [5.41, 5.74) is 8.79. The van der Waals surface area contributed by atoms with Crippen molar-refractivity contribution in [3.63, 3.8) is 0 Å². The number of hydrogen-bond donors (Lipinski definition) is 2. The predicted molar refractivity (Wildman–Crippen MR) is 85.1 cm³/mol. The first-order chi connectivity index (χ1) is 10.1. The molecule has 1 aliphatic rings. The van der Waals surface area contributed by atoms with Gasteiger partial charge in [-0.3, -0.25) is 9.69 Å². The molecule has 0 unspecified atom stereocenters. The molecular formula is C15H18N4OS. The van der Waals surface area contributed by atoms with E-state index in [9.17, 15) is 4.79 Å². The smallest absolute Gasteiger partial charge is 0.238 e. The van der Waals surface area contributed by atoms with Crippen molar-refractivity contribution in [2.24, 2.45) is 0 Å². The zero-order chi connectivity index (χ0) is 14.8. The molecule has 0 bridgehead atoms. The number of nitrogens with one attached hydrogen (secondary N) is 1. The third-order valence-electron chi connectivity index (χ3n) is 3.55. The third-order valence-corrected chi connectivity index (χ3v) is 4.46. The van der Waals surface area contributed by atoms with Crippen molar-refractivity contribution in [3.8, 4) is 0 Å². The number of fused-ring (bicyclic) bond motifs is 1. The van der Waals surface area contributed by atoms with Gasteiger partial charge < -0.3 is 11.1 Å². The molecule has 2 heterocycles. The van der Waals surface area contributed by atoms with E-state index in [1.807, 2.05) is 24.3 Å². The van der Waals surface area contributed by atoms with Gasteiger partial charge in [0.25, 0.3) is 0 Å². The van der Waals surface area contributed by atoms with Crippen molar-refractivity contribution in [3.05, 3.63) is 40.4 Å². The fourth-order valence-electron chi connectivity index (χ4n) is 2.46. The van der Waals surface area contributed by atoms with Crippen molar-refractivity contribution in [2.45, 2.75) is 26.4 Å². The lowest BCUT2D eigenvalue weighted by atomic mass is 10.1. The molecule has 1 amide bonds. The number of hydrogen-bond acceptors (Lipinski definition) is 5. The quantitative estimate of drug-likeness (QED) is 0.908. The van der Waals surface area contributed by atoms with Crippen molar-refractivity contribution < 1.29 is 4.79 Å². The third kappa shape index (κ3) is 3.22. The first-order valence-corrected chi connectivity index (χ1v) is 7.81. The average molecular weight is 302 g/mol. The van der Waals surface area contributed by atoms with Crippen LogP contribution >= 0.6 is 11.3 Å². The predicted octanol–water partition coefficient (Wildman–Crippen LogP) is 2.24. The van der Waals surface area contributed by atoms with E-state index in [-0.39, 0.29) is 5.91 Å². The number of thiazole rings is 1. The minimum absolute atomic E-state index is 0.00220. The lowest BCUT2D eigenvalue weighted by Gasteiger charge is -2.14. The van der Waals surface area contributed by atoms with Crippen molar-refractivity contribution in [1.29, 1.82) is 0 Å². The SMILES string of the molecule is CCc1ccc(NC(=O)CN2Cc3nc(N)sc3C2)cc1. The van der Waals surface area contributed by atoms with E-state index >= 15 is 0 Å². The van der Waals surface area contributed by atoms with Gasteiger partial charge >= 0.3 is 0 Å². The Morgan fingerprint density at radius 2 is 2.14 bits per heavy atom. The van der Waals surface area contributed by atoms with Crippen molar-refractivity contribution >= 4 is 28.1 Å². The summed E-state index contributed by atoms with van der Waals surface area (Å²) in [5.74, 6) is 0.00220.